The maximum Gasteiger partial charge on any atom is 0.263 e. The van der Waals surface area contributed by atoms with E-state index in [1.807, 2.05) is 18.4 Å². The van der Waals surface area contributed by atoms with Crippen LogP contribution in [-0.4, -0.2) is 10.9 Å². The topological polar surface area (TPSA) is 42.0 Å². The van der Waals surface area contributed by atoms with Crippen molar-refractivity contribution in [3.8, 4) is 10.6 Å². The third kappa shape index (κ3) is 2.89. The van der Waals surface area contributed by atoms with Crippen LogP contribution in [0.15, 0.2) is 41.1 Å². The average molecular weight is 355 g/mol. The molecule has 1 aliphatic rings. The highest BCUT2D eigenvalue weighted by Crippen LogP contribution is 2.32. The molecule has 0 saturated heterocycles. The van der Waals surface area contributed by atoms with E-state index in [2.05, 4.69) is 39.9 Å². The number of nitrogens with one attached hydrogen (secondary N) is 1. The van der Waals surface area contributed by atoms with Crippen LogP contribution in [0.2, 0.25) is 0 Å². The number of aromatic nitrogens is 1. The fourth-order valence-corrected chi connectivity index (χ4v) is 4.93. The molecule has 0 bridgehead atoms. The fraction of sp³-hybridized carbons (Fsp3) is 0.263. The highest BCUT2D eigenvalue weighted by molar-refractivity contribution is 7.17. The molecule has 24 heavy (non-hydrogen) atoms. The summed E-state index contributed by atoms with van der Waals surface area (Å²) in [5.41, 5.74) is 4.52. The van der Waals surface area contributed by atoms with Crippen molar-refractivity contribution in [2.24, 2.45) is 0 Å². The molecule has 0 fully saturated rings. The SMILES string of the molecule is Cc1nc(-c2ccsc2)sc1C(=O)NC1CCCc2ccccc21. The quantitative estimate of drug-likeness (QED) is 0.720. The molecule has 1 amide bonds. The summed E-state index contributed by atoms with van der Waals surface area (Å²) in [6.45, 7) is 1.91. The van der Waals surface area contributed by atoms with Gasteiger partial charge in [-0.2, -0.15) is 11.3 Å². The molecule has 1 aliphatic carbocycles. The maximum atomic E-state index is 12.8. The van der Waals surface area contributed by atoms with Gasteiger partial charge in [0.1, 0.15) is 9.88 Å². The highest BCUT2D eigenvalue weighted by Gasteiger charge is 2.24. The summed E-state index contributed by atoms with van der Waals surface area (Å²) in [5, 5.41) is 8.24. The molecule has 0 radical (unpaired) electrons. The van der Waals surface area contributed by atoms with E-state index in [0.717, 1.165) is 40.4 Å². The van der Waals surface area contributed by atoms with Crippen LogP contribution in [0.3, 0.4) is 0 Å². The molecule has 2 heterocycles. The number of aryl methyl sites for hydroxylation is 2. The second-order valence-corrected chi connectivity index (χ2v) is 7.84. The Morgan fingerprint density at radius 2 is 2.17 bits per heavy atom. The lowest BCUT2D eigenvalue weighted by Crippen LogP contribution is -2.30. The Bertz CT molecular complexity index is 867. The van der Waals surface area contributed by atoms with E-state index in [0.29, 0.717) is 0 Å². The van der Waals surface area contributed by atoms with E-state index in [1.165, 1.54) is 22.5 Å². The summed E-state index contributed by atoms with van der Waals surface area (Å²) in [4.78, 5) is 18.1. The molecular formula is C19H18N2OS2. The molecule has 2 aromatic heterocycles. The number of thiazole rings is 1. The average Bonchev–Trinajstić information content (AvgIpc) is 3.24. The van der Waals surface area contributed by atoms with E-state index < -0.39 is 0 Å². The van der Waals surface area contributed by atoms with Gasteiger partial charge in [-0.3, -0.25) is 4.79 Å². The number of fused-ring (bicyclic) bond motifs is 1. The second kappa shape index (κ2) is 6.49. The number of carbonyl (C=O) groups is 1. The largest absolute Gasteiger partial charge is 0.344 e. The van der Waals surface area contributed by atoms with Crippen molar-refractivity contribution < 1.29 is 4.79 Å². The first-order valence-electron chi connectivity index (χ1n) is 8.11. The van der Waals surface area contributed by atoms with Gasteiger partial charge in [-0.25, -0.2) is 4.98 Å². The standard InChI is InChI=1S/C19H18N2OS2/c1-12-17(24-19(20-12)14-9-10-23-11-14)18(22)21-16-8-4-6-13-5-2-3-7-15(13)16/h2-3,5,7,9-11,16H,4,6,8H2,1H3,(H,21,22). The van der Waals surface area contributed by atoms with Crippen molar-refractivity contribution in [3.63, 3.8) is 0 Å². The summed E-state index contributed by atoms with van der Waals surface area (Å²) >= 11 is 3.12. The minimum Gasteiger partial charge on any atom is -0.344 e. The lowest BCUT2D eigenvalue weighted by Gasteiger charge is -2.26. The first-order valence-corrected chi connectivity index (χ1v) is 9.87. The summed E-state index contributed by atoms with van der Waals surface area (Å²) in [6, 6.07) is 10.6. The third-order valence-corrected chi connectivity index (χ3v) is 6.33. The number of hydrogen-bond acceptors (Lipinski definition) is 4. The number of thiophene rings is 1. The lowest BCUT2D eigenvalue weighted by atomic mass is 9.88. The Labute approximate surface area is 149 Å². The number of rotatable bonds is 3. The zero-order valence-electron chi connectivity index (χ0n) is 13.4. The van der Waals surface area contributed by atoms with Crippen molar-refractivity contribution >= 4 is 28.6 Å². The van der Waals surface area contributed by atoms with Gasteiger partial charge in [0, 0.05) is 10.9 Å². The minimum absolute atomic E-state index is 0.00631. The van der Waals surface area contributed by atoms with Crippen LogP contribution in [-0.2, 0) is 6.42 Å². The molecule has 0 spiro atoms. The summed E-state index contributed by atoms with van der Waals surface area (Å²) in [6.07, 6.45) is 3.21. The molecule has 3 nitrogen and oxygen atoms in total. The smallest absolute Gasteiger partial charge is 0.263 e. The van der Waals surface area contributed by atoms with Gasteiger partial charge in [-0.05, 0) is 48.8 Å². The van der Waals surface area contributed by atoms with Crippen molar-refractivity contribution in [1.29, 1.82) is 0 Å². The molecule has 122 valence electrons. The number of hydrogen-bond donors (Lipinski definition) is 1. The summed E-state index contributed by atoms with van der Waals surface area (Å²) in [7, 11) is 0. The van der Waals surface area contributed by atoms with Gasteiger partial charge >= 0.3 is 0 Å². The summed E-state index contributed by atoms with van der Waals surface area (Å²) < 4.78 is 0. The number of carbonyl (C=O) groups excluding carboxylic acids is 1. The van der Waals surface area contributed by atoms with E-state index in [4.69, 9.17) is 0 Å². The number of nitrogens with zero attached hydrogens (tertiary/aromatic N) is 1. The minimum atomic E-state index is -0.00631. The van der Waals surface area contributed by atoms with Gasteiger partial charge in [0.25, 0.3) is 5.91 Å². The van der Waals surface area contributed by atoms with E-state index >= 15 is 0 Å². The fourth-order valence-electron chi connectivity index (χ4n) is 3.24. The Kier molecular flexibility index (Phi) is 4.21. The van der Waals surface area contributed by atoms with Crippen molar-refractivity contribution in [2.45, 2.75) is 32.2 Å². The summed E-state index contributed by atoms with van der Waals surface area (Å²) in [5.74, 6) is -0.00631. The molecule has 1 N–H and O–H groups in total. The maximum absolute atomic E-state index is 12.8. The van der Waals surface area contributed by atoms with Gasteiger partial charge < -0.3 is 5.32 Å². The van der Waals surface area contributed by atoms with Crippen LogP contribution in [0.1, 0.15) is 45.4 Å². The van der Waals surface area contributed by atoms with E-state index in [9.17, 15) is 4.79 Å². The predicted molar refractivity (Wildman–Crippen MR) is 99.8 cm³/mol. The molecule has 0 saturated carbocycles. The van der Waals surface area contributed by atoms with Gasteiger partial charge in [0.15, 0.2) is 0 Å². The molecule has 4 rings (SSSR count). The van der Waals surface area contributed by atoms with Gasteiger partial charge in [-0.1, -0.05) is 24.3 Å². The Balaban J connectivity index is 1.57. The van der Waals surface area contributed by atoms with Crippen LogP contribution in [0.4, 0.5) is 0 Å². The molecule has 3 aromatic rings. The van der Waals surface area contributed by atoms with Gasteiger partial charge in [0.2, 0.25) is 0 Å². The molecule has 0 aliphatic heterocycles. The van der Waals surface area contributed by atoms with Crippen LogP contribution < -0.4 is 5.32 Å². The van der Waals surface area contributed by atoms with E-state index in [1.54, 1.807) is 11.3 Å². The van der Waals surface area contributed by atoms with Crippen LogP contribution >= 0.6 is 22.7 Å². The first-order chi connectivity index (χ1) is 11.7. The van der Waals surface area contributed by atoms with Crippen molar-refractivity contribution in [2.75, 3.05) is 0 Å². The van der Waals surface area contributed by atoms with Crippen molar-refractivity contribution in [3.05, 3.63) is 62.8 Å². The molecule has 5 heteroatoms. The highest BCUT2D eigenvalue weighted by atomic mass is 32.1. The van der Waals surface area contributed by atoms with E-state index in [-0.39, 0.29) is 11.9 Å². The Morgan fingerprint density at radius 1 is 1.29 bits per heavy atom. The van der Waals surface area contributed by atoms with Crippen LogP contribution in [0, 0.1) is 6.92 Å². The monoisotopic (exact) mass is 354 g/mol. The van der Waals surface area contributed by atoms with Crippen LogP contribution in [0.25, 0.3) is 10.6 Å². The second-order valence-electron chi connectivity index (χ2n) is 6.06. The predicted octanol–water partition coefficient (Wildman–Crippen LogP) is 4.99. The van der Waals surface area contributed by atoms with Crippen LogP contribution in [0.5, 0.6) is 0 Å². The molecule has 1 aromatic carbocycles. The molecule has 1 atom stereocenters. The normalized spacial score (nSPS) is 16.6. The Hall–Kier alpha value is -1.98. The zero-order chi connectivity index (χ0) is 16.5. The van der Waals surface area contributed by atoms with Gasteiger partial charge in [-0.15, -0.1) is 11.3 Å². The first kappa shape index (κ1) is 15.5. The number of amides is 1. The molecule has 1 unspecified atom stereocenters. The number of benzene rings is 1. The van der Waals surface area contributed by atoms with Gasteiger partial charge in [0.05, 0.1) is 11.7 Å². The van der Waals surface area contributed by atoms with Crippen molar-refractivity contribution in [1.82, 2.24) is 10.3 Å². The molecular weight excluding hydrogens is 336 g/mol. The zero-order valence-corrected chi connectivity index (χ0v) is 15.0. The lowest BCUT2D eigenvalue weighted by molar-refractivity contribution is 0.0936. The third-order valence-electron chi connectivity index (χ3n) is 4.45. The Morgan fingerprint density at radius 3 is 3.00 bits per heavy atom.